The second-order valence-corrected chi connectivity index (χ2v) is 7.06. The number of ether oxygens (including phenoxy) is 1. The van der Waals surface area contributed by atoms with Gasteiger partial charge in [0.25, 0.3) is 0 Å². The molecule has 0 amide bonds. The van der Waals surface area contributed by atoms with E-state index in [2.05, 4.69) is 43.1 Å². The lowest BCUT2D eigenvalue weighted by Crippen LogP contribution is -1.94. The van der Waals surface area contributed by atoms with Crippen LogP contribution in [0.15, 0.2) is 30.5 Å². The molecule has 0 unspecified atom stereocenters. The highest BCUT2D eigenvalue weighted by molar-refractivity contribution is 7.18. The zero-order valence-corrected chi connectivity index (χ0v) is 15.1. The van der Waals surface area contributed by atoms with Crippen LogP contribution in [0.5, 0.6) is 5.75 Å². The molecule has 25 heavy (non-hydrogen) atoms. The quantitative estimate of drug-likeness (QED) is 0.554. The highest BCUT2D eigenvalue weighted by Crippen LogP contribution is 2.44. The minimum absolute atomic E-state index is 0.542. The molecule has 0 aliphatic carbocycles. The summed E-state index contributed by atoms with van der Waals surface area (Å²) >= 11 is 1.64. The van der Waals surface area contributed by atoms with Gasteiger partial charge in [-0.1, -0.05) is 19.1 Å². The third-order valence-corrected chi connectivity index (χ3v) is 5.66. The number of methoxy groups -OCH3 is 1. The van der Waals surface area contributed by atoms with E-state index in [1.807, 2.05) is 12.3 Å². The monoisotopic (exact) mass is 347 g/mol. The van der Waals surface area contributed by atoms with Gasteiger partial charge in [-0.15, -0.1) is 11.3 Å². The van der Waals surface area contributed by atoms with Crippen molar-refractivity contribution in [3.05, 3.63) is 46.6 Å². The van der Waals surface area contributed by atoms with E-state index in [0.717, 1.165) is 43.7 Å². The molecule has 0 aliphatic heterocycles. The lowest BCUT2D eigenvalue weighted by Gasteiger charge is -2.13. The van der Waals surface area contributed by atoms with Crippen LogP contribution < -0.4 is 4.74 Å². The van der Waals surface area contributed by atoms with E-state index in [9.17, 15) is 5.26 Å². The van der Waals surface area contributed by atoms with E-state index in [1.165, 1.54) is 5.56 Å². The third kappa shape index (κ3) is 2.30. The third-order valence-electron chi connectivity index (χ3n) is 4.51. The molecule has 4 nitrogen and oxygen atoms in total. The maximum atomic E-state index is 9.61. The molecule has 2 aromatic heterocycles. The van der Waals surface area contributed by atoms with Gasteiger partial charge in [-0.25, -0.2) is 4.98 Å². The number of nitriles is 1. The van der Waals surface area contributed by atoms with Crippen molar-refractivity contribution in [1.29, 1.82) is 5.26 Å². The molecule has 0 radical (unpaired) electrons. The van der Waals surface area contributed by atoms with E-state index < -0.39 is 0 Å². The van der Waals surface area contributed by atoms with Gasteiger partial charge in [0.05, 0.1) is 33.5 Å². The number of rotatable bonds is 3. The standard InChI is InChI=1S/C20H17N3OS/c1-4-16-23-19-15(25-16)9-12(10-21)20(24-3)17(19)13-6-5-11(2)18-14(13)7-8-22-18/h5-9,22H,4H2,1-3H3. The largest absolute Gasteiger partial charge is 0.495 e. The van der Waals surface area contributed by atoms with Crippen LogP contribution in [0, 0.1) is 18.3 Å². The minimum Gasteiger partial charge on any atom is -0.495 e. The average molecular weight is 347 g/mol. The molecule has 0 bridgehead atoms. The second-order valence-electron chi connectivity index (χ2n) is 5.95. The van der Waals surface area contributed by atoms with E-state index >= 15 is 0 Å². The summed E-state index contributed by atoms with van der Waals surface area (Å²) < 4.78 is 6.68. The van der Waals surface area contributed by atoms with Gasteiger partial charge in [-0.2, -0.15) is 5.26 Å². The van der Waals surface area contributed by atoms with Crippen molar-refractivity contribution in [2.45, 2.75) is 20.3 Å². The predicted molar refractivity (Wildman–Crippen MR) is 102 cm³/mol. The highest BCUT2D eigenvalue weighted by Gasteiger charge is 2.21. The number of benzene rings is 2. The number of nitrogens with one attached hydrogen (secondary N) is 1. The second kappa shape index (κ2) is 5.91. The molecule has 0 saturated heterocycles. The first kappa shape index (κ1) is 15.7. The van der Waals surface area contributed by atoms with Crippen LogP contribution in [0.3, 0.4) is 0 Å². The van der Waals surface area contributed by atoms with E-state index in [1.54, 1.807) is 18.4 Å². The molecule has 4 aromatic rings. The van der Waals surface area contributed by atoms with Gasteiger partial charge in [0.2, 0.25) is 0 Å². The molecular weight excluding hydrogens is 330 g/mol. The van der Waals surface area contributed by atoms with Crippen LogP contribution in [-0.2, 0) is 6.42 Å². The lowest BCUT2D eigenvalue weighted by atomic mass is 9.96. The molecule has 5 heteroatoms. The van der Waals surface area contributed by atoms with Crippen molar-refractivity contribution in [2.24, 2.45) is 0 Å². The normalized spacial score (nSPS) is 11.1. The first-order valence-corrected chi connectivity index (χ1v) is 8.97. The summed E-state index contributed by atoms with van der Waals surface area (Å²) in [5.74, 6) is 0.592. The van der Waals surface area contributed by atoms with Crippen LogP contribution in [-0.4, -0.2) is 17.1 Å². The van der Waals surface area contributed by atoms with Crippen LogP contribution >= 0.6 is 11.3 Å². The maximum absolute atomic E-state index is 9.61. The number of thiazole rings is 1. The van der Waals surface area contributed by atoms with E-state index in [-0.39, 0.29) is 0 Å². The molecule has 0 saturated carbocycles. The summed E-state index contributed by atoms with van der Waals surface area (Å²) in [6.45, 7) is 4.18. The van der Waals surface area contributed by atoms with Crippen molar-refractivity contribution < 1.29 is 4.74 Å². The fourth-order valence-corrected chi connectivity index (χ4v) is 4.27. The number of fused-ring (bicyclic) bond motifs is 2. The van der Waals surface area contributed by atoms with E-state index in [4.69, 9.17) is 9.72 Å². The molecule has 1 N–H and O–H groups in total. The summed E-state index contributed by atoms with van der Waals surface area (Å²) in [5.41, 5.74) is 5.67. The van der Waals surface area contributed by atoms with Gasteiger partial charge < -0.3 is 9.72 Å². The van der Waals surface area contributed by atoms with Gasteiger partial charge in [-0.3, -0.25) is 0 Å². The van der Waals surface area contributed by atoms with Gasteiger partial charge in [-0.05, 0) is 36.6 Å². The molecule has 2 heterocycles. The smallest absolute Gasteiger partial charge is 0.146 e. The van der Waals surface area contributed by atoms with E-state index in [0.29, 0.717) is 11.3 Å². The molecule has 0 aliphatic rings. The number of nitrogens with zero attached hydrogens (tertiary/aromatic N) is 2. The van der Waals surface area contributed by atoms with Crippen molar-refractivity contribution >= 4 is 32.5 Å². The summed E-state index contributed by atoms with van der Waals surface area (Å²) in [6.07, 6.45) is 2.81. The van der Waals surface area contributed by atoms with Gasteiger partial charge in [0, 0.05) is 17.1 Å². The van der Waals surface area contributed by atoms with Gasteiger partial charge in [0.15, 0.2) is 0 Å². The maximum Gasteiger partial charge on any atom is 0.146 e. The van der Waals surface area contributed by atoms with Crippen molar-refractivity contribution in [3.63, 3.8) is 0 Å². The number of aryl methyl sites for hydroxylation is 2. The number of hydrogen-bond donors (Lipinski definition) is 1. The molecule has 0 atom stereocenters. The Morgan fingerprint density at radius 3 is 2.88 bits per heavy atom. The van der Waals surface area contributed by atoms with Crippen LogP contribution in [0.1, 0.15) is 23.1 Å². The van der Waals surface area contributed by atoms with Crippen molar-refractivity contribution in [1.82, 2.24) is 9.97 Å². The first-order valence-electron chi connectivity index (χ1n) is 8.15. The molecule has 0 spiro atoms. The Hall–Kier alpha value is -2.84. The van der Waals surface area contributed by atoms with Gasteiger partial charge in [0.1, 0.15) is 11.8 Å². The zero-order chi connectivity index (χ0) is 17.6. The van der Waals surface area contributed by atoms with Crippen LogP contribution in [0.4, 0.5) is 0 Å². The molecule has 0 fully saturated rings. The Morgan fingerprint density at radius 1 is 1.32 bits per heavy atom. The summed E-state index contributed by atoms with van der Waals surface area (Å²) in [4.78, 5) is 8.13. The average Bonchev–Trinajstić information content (AvgIpc) is 3.27. The number of aromatic amines is 1. The highest BCUT2D eigenvalue weighted by atomic mass is 32.1. The Balaban J connectivity index is 2.18. The molecule has 124 valence electrons. The Kier molecular flexibility index (Phi) is 3.70. The lowest BCUT2D eigenvalue weighted by molar-refractivity contribution is 0.415. The van der Waals surface area contributed by atoms with Crippen molar-refractivity contribution in [3.8, 4) is 22.9 Å². The predicted octanol–water partition coefficient (Wildman–Crippen LogP) is 5.20. The first-order chi connectivity index (χ1) is 12.2. The number of aromatic nitrogens is 2. The summed E-state index contributed by atoms with van der Waals surface area (Å²) in [6, 6.07) is 10.4. The summed E-state index contributed by atoms with van der Waals surface area (Å²) in [5, 5.41) is 11.8. The fraction of sp³-hybridized carbons (Fsp3) is 0.200. The fourth-order valence-electron chi connectivity index (χ4n) is 3.31. The zero-order valence-electron chi connectivity index (χ0n) is 14.3. The Labute approximate surface area is 149 Å². The SMILES string of the molecule is CCc1nc2c(-c3ccc(C)c4[nH]ccc34)c(OC)c(C#N)cc2s1. The van der Waals surface area contributed by atoms with Crippen LogP contribution in [0.25, 0.3) is 32.2 Å². The molecule has 2 aromatic carbocycles. The number of hydrogen-bond acceptors (Lipinski definition) is 4. The number of H-pyrrole nitrogens is 1. The van der Waals surface area contributed by atoms with Crippen molar-refractivity contribution in [2.75, 3.05) is 7.11 Å². The summed E-state index contributed by atoms with van der Waals surface area (Å²) in [7, 11) is 1.61. The minimum atomic E-state index is 0.542. The topological polar surface area (TPSA) is 61.7 Å². The Morgan fingerprint density at radius 2 is 2.16 bits per heavy atom. The molecule has 4 rings (SSSR count). The van der Waals surface area contributed by atoms with Crippen LogP contribution in [0.2, 0.25) is 0 Å². The van der Waals surface area contributed by atoms with Gasteiger partial charge >= 0.3 is 0 Å². The Bertz CT molecular complexity index is 1150. The molecular formula is C20H17N3OS.